The van der Waals surface area contributed by atoms with Gasteiger partial charge in [-0.3, -0.25) is 4.90 Å². The lowest BCUT2D eigenvalue weighted by atomic mass is 10.3. The molecule has 0 aromatic heterocycles. The van der Waals surface area contributed by atoms with Crippen molar-refractivity contribution in [1.29, 1.82) is 0 Å². The predicted octanol–water partition coefficient (Wildman–Crippen LogP) is 4.79. The molecule has 144 valence electrons. The van der Waals surface area contributed by atoms with E-state index < -0.39 is 0 Å². The van der Waals surface area contributed by atoms with E-state index in [1.54, 1.807) is 4.90 Å². The minimum absolute atomic E-state index is 0.0117. The summed E-state index contributed by atoms with van der Waals surface area (Å²) in [5.74, 6) is 0.410. The number of benzene rings is 2. The highest BCUT2D eigenvalue weighted by Crippen LogP contribution is 2.19. The van der Waals surface area contributed by atoms with Crippen molar-refractivity contribution in [3.8, 4) is 0 Å². The molecular formula is C18H19Br2ClN4O2. The van der Waals surface area contributed by atoms with E-state index in [0.29, 0.717) is 12.4 Å². The number of anilines is 2. The van der Waals surface area contributed by atoms with Crippen LogP contribution < -0.4 is 20.9 Å². The summed E-state index contributed by atoms with van der Waals surface area (Å²) in [4.78, 5) is 24.2. The highest BCUT2D eigenvalue weighted by atomic mass is 79.9. The number of amides is 4. The van der Waals surface area contributed by atoms with E-state index in [0.717, 1.165) is 33.4 Å². The number of rotatable bonds is 4. The Balaban J connectivity index is 0.000000194. The van der Waals surface area contributed by atoms with Crippen molar-refractivity contribution in [2.45, 2.75) is 0 Å². The number of urea groups is 2. The van der Waals surface area contributed by atoms with Crippen LogP contribution >= 0.6 is 43.5 Å². The Morgan fingerprint density at radius 2 is 1.67 bits per heavy atom. The molecule has 0 aliphatic carbocycles. The van der Waals surface area contributed by atoms with Crippen molar-refractivity contribution < 1.29 is 9.59 Å². The third-order valence-corrected chi connectivity index (χ3v) is 4.72. The van der Waals surface area contributed by atoms with Crippen molar-refractivity contribution in [3.63, 3.8) is 0 Å². The molecule has 6 nitrogen and oxygen atoms in total. The summed E-state index contributed by atoms with van der Waals surface area (Å²) < 4.78 is 2.00. The first-order valence-electron chi connectivity index (χ1n) is 8.17. The molecule has 9 heteroatoms. The SMILES string of the molecule is O=C(NCCCl)Nc1ccc(Br)cc1.O=C1NCCN1c1ccc(Br)cc1. The molecule has 4 amide bonds. The van der Waals surface area contributed by atoms with Gasteiger partial charge in [0.2, 0.25) is 0 Å². The maximum absolute atomic E-state index is 11.3. The van der Waals surface area contributed by atoms with Gasteiger partial charge < -0.3 is 16.0 Å². The van der Waals surface area contributed by atoms with Crippen molar-refractivity contribution >= 4 is 66.9 Å². The van der Waals surface area contributed by atoms with E-state index in [9.17, 15) is 9.59 Å². The largest absolute Gasteiger partial charge is 0.337 e. The average Bonchev–Trinajstić information content (AvgIpc) is 3.09. The molecule has 1 aliphatic heterocycles. The zero-order valence-corrected chi connectivity index (χ0v) is 18.3. The highest BCUT2D eigenvalue weighted by Gasteiger charge is 2.20. The predicted molar refractivity (Wildman–Crippen MR) is 117 cm³/mol. The standard InChI is InChI=1S/C9H10BrClN2O.C9H9BrN2O/c10-7-1-3-8(4-2-7)13-9(14)12-6-5-11;10-7-1-3-8(4-2-7)12-6-5-11-9(12)13/h1-4H,5-6H2,(H2,12,13,14);1-4H,5-6H2,(H,11,13). The van der Waals surface area contributed by atoms with Gasteiger partial charge in [0.1, 0.15) is 0 Å². The van der Waals surface area contributed by atoms with Gasteiger partial charge in [-0.05, 0) is 48.5 Å². The van der Waals surface area contributed by atoms with E-state index in [2.05, 4.69) is 47.8 Å². The minimum atomic E-state index is -0.243. The molecule has 1 saturated heterocycles. The third-order valence-electron chi connectivity index (χ3n) is 3.48. The fourth-order valence-electron chi connectivity index (χ4n) is 2.21. The first-order valence-corrected chi connectivity index (χ1v) is 10.3. The molecule has 0 saturated carbocycles. The first-order chi connectivity index (χ1) is 13.0. The molecule has 0 bridgehead atoms. The number of halogens is 3. The van der Waals surface area contributed by atoms with Crippen LogP contribution in [-0.4, -0.2) is 37.6 Å². The van der Waals surface area contributed by atoms with Gasteiger partial charge in [0.25, 0.3) is 0 Å². The van der Waals surface area contributed by atoms with Crippen molar-refractivity contribution in [2.75, 3.05) is 35.7 Å². The van der Waals surface area contributed by atoms with Gasteiger partial charge in [0, 0.05) is 45.8 Å². The van der Waals surface area contributed by atoms with Gasteiger partial charge in [-0.25, -0.2) is 9.59 Å². The second-order valence-electron chi connectivity index (χ2n) is 5.44. The van der Waals surface area contributed by atoms with Gasteiger partial charge >= 0.3 is 12.1 Å². The molecule has 0 unspecified atom stereocenters. The van der Waals surface area contributed by atoms with Crippen LogP contribution in [0.1, 0.15) is 0 Å². The van der Waals surface area contributed by atoms with E-state index in [-0.39, 0.29) is 12.1 Å². The molecule has 0 spiro atoms. The van der Waals surface area contributed by atoms with E-state index in [1.165, 1.54) is 0 Å². The van der Waals surface area contributed by atoms with Crippen LogP contribution in [0.4, 0.5) is 21.0 Å². The summed E-state index contributed by atoms with van der Waals surface area (Å²) in [6.07, 6.45) is 0. The number of alkyl halides is 1. The lowest BCUT2D eigenvalue weighted by Gasteiger charge is -2.13. The fourth-order valence-corrected chi connectivity index (χ4v) is 2.83. The van der Waals surface area contributed by atoms with E-state index in [4.69, 9.17) is 11.6 Å². The average molecular weight is 519 g/mol. The van der Waals surface area contributed by atoms with E-state index in [1.807, 2.05) is 48.5 Å². The molecule has 2 aromatic rings. The quantitative estimate of drug-likeness (QED) is 0.510. The zero-order valence-electron chi connectivity index (χ0n) is 14.3. The normalized spacial score (nSPS) is 12.7. The Bertz CT molecular complexity index is 757. The summed E-state index contributed by atoms with van der Waals surface area (Å²) in [6, 6.07) is 14.8. The molecule has 1 fully saturated rings. The Morgan fingerprint density at radius 3 is 2.19 bits per heavy atom. The van der Waals surface area contributed by atoms with Gasteiger partial charge in [0.15, 0.2) is 0 Å². The molecule has 1 heterocycles. The second kappa shape index (κ2) is 11.2. The van der Waals surface area contributed by atoms with E-state index >= 15 is 0 Å². The van der Waals surface area contributed by atoms with Crippen molar-refractivity contribution in [1.82, 2.24) is 10.6 Å². The summed E-state index contributed by atoms with van der Waals surface area (Å²) >= 11 is 12.1. The molecule has 0 atom stereocenters. The maximum Gasteiger partial charge on any atom is 0.321 e. The van der Waals surface area contributed by atoms with Crippen LogP contribution in [0.2, 0.25) is 0 Å². The number of hydrogen-bond acceptors (Lipinski definition) is 2. The first kappa shape index (κ1) is 21.5. The summed E-state index contributed by atoms with van der Waals surface area (Å²) in [5, 5.41) is 8.03. The number of hydrogen-bond donors (Lipinski definition) is 3. The Labute approximate surface area is 179 Å². The lowest BCUT2D eigenvalue weighted by Crippen LogP contribution is -2.30. The van der Waals surface area contributed by atoms with Crippen LogP contribution in [0.25, 0.3) is 0 Å². The van der Waals surface area contributed by atoms with Crippen molar-refractivity contribution in [3.05, 3.63) is 57.5 Å². The number of nitrogens with zero attached hydrogens (tertiary/aromatic N) is 1. The minimum Gasteiger partial charge on any atom is -0.337 e. The van der Waals surface area contributed by atoms with Crippen LogP contribution in [0.5, 0.6) is 0 Å². The molecule has 3 N–H and O–H groups in total. The van der Waals surface area contributed by atoms with Gasteiger partial charge in [0.05, 0.1) is 0 Å². The summed E-state index contributed by atoms with van der Waals surface area (Å²) in [5.41, 5.74) is 1.69. The smallest absolute Gasteiger partial charge is 0.321 e. The number of carbonyl (C=O) groups excluding carboxylic acids is 2. The molecule has 27 heavy (non-hydrogen) atoms. The zero-order chi connectivity index (χ0) is 19.6. The molecular weight excluding hydrogens is 499 g/mol. The Morgan fingerprint density at radius 1 is 1.07 bits per heavy atom. The Hall–Kier alpha value is -1.77. The lowest BCUT2D eigenvalue weighted by molar-refractivity contribution is 0.251. The van der Waals surface area contributed by atoms with Crippen LogP contribution in [0.15, 0.2) is 57.5 Å². The highest BCUT2D eigenvalue weighted by molar-refractivity contribution is 9.10. The number of carbonyl (C=O) groups is 2. The van der Waals surface area contributed by atoms with Crippen LogP contribution in [0, 0.1) is 0 Å². The topological polar surface area (TPSA) is 73.5 Å². The third kappa shape index (κ3) is 7.40. The summed E-state index contributed by atoms with van der Waals surface area (Å²) in [6.45, 7) is 1.94. The monoisotopic (exact) mass is 516 g/mol. The fraction of sp³-hybridized carbons (Fsp3) is 0.222. The molecule has 2 aromatic carbocycles. The van der Waals surface area contributed by atoms with Crippen LogP contribution in [-0.2, 0) is 0 Å². The number of nitrogens with one attached hydrogen (secondary N) is 3. The van der Waals surface area contributed by atoms with Gasteiger partial charge in [-0.15, -0.1) is 11.6 Å². The van der Waals surface area contributed by atoms with Gasteiger partial charge in [-0.1, -0.05) is 31.9 Å². The second-order valence-corrected chi connectivity index (χ2v) is 7.65. The summed E-state index contributed by atoms with van der Waals surface area (Å²) in [7, 11) is 0. The maximum atomic E-state index is 11.3. The molecule has 0 radical (unpaired) electrons. The van der Waals surface area contributed by atoms with Crippen LogP contribution in [0.3, 0.4) is 0 Å². The molecule has 1 aliphatic rings. The molecule has 3 rings (SSSR count). The Kier molecular flexibility index (Phi) is 8.90. The van der Waals surface area contributed by atoms with Crippen molar-refractivity contribution in [2.24, 2.45) is 0 Å². The van der Waals surface area contributed by atoms with Gasteiger partial charge in [-0.2, -0.15) is 0 Å².